The third-order valence-electron chi connectivity index (χ3n) is 2.74. The van der Waals surface area contributed by atoms with Crippen molar-refractivity contribution in [1.82, 2.24) is 0 Å². The molecule has 0 aromatic heterocycles. The Hall–Kier alpha value is -1.02. The molecule has 0 amide bonds. The lowest BCUT2D eigenvalue weighted by atomic mass is 10.1. The second kappa shape index (κ2) is 5.17. The molecule has 2 heteroatoms. The van der Waals surface area contributed by atoms with E-state index in [0.29, 0.717) is 12.5 Å². The second-order valence-electron chi connectivity index (χ2n) is 4.38. The van der Waals surface area contributed by atoms with Crippen LogP contribution in [0.1, 0.15) is 25.0 Å². The fraction of sp³-hybridized carbons (Fsp3) is 0.538. The smallest absolute Gasteiger partial charge is 0.120 e. The molecule has 1 aromatic carbocycles. The molecule has 1 aromatic rings. The van der Waals surface area contributed by atoms with Crippen molar-refractivity contribution in [2.75, 3.05) is 6.54 Å². The first-order chi connectivity index (χ1) is 7.04. The lowest BCUT2D eigenvalue weighted by molar-refractivity contribution is 0.159. The molecule has 84 valence electrons. The van der Waals surface area contributed by atoms with Crippen LogP contribution in [0.3, 0.4) is 0 Å². The SMILES string of the molecule is Cc1ccc(OC(CN)C(C)C)cc1C. The summed E-state index contributed by atoms with van der Waals surface area (Å²) >= 11 is 0. The molecule has 2 nitrogen and oxygen atoms in total. The summed E-state index contributed by atoms with van der Waals surface area (Å²) in [6, 6.07) is 6.16. The van der Waals surface area contributed by atoms with Crippen molar-refractivity contribution in [1.29, 1.82) is 0 Å². The van der Waals surface area contributed by atoms with Crippen molar-refractivity contribution >= 4 is 0 Å². The van der Waals surface area contributed by atoms with Gasteiger partial charge in [0.25, 0.3) is 0 Å². The standard InChI is InChI=1S/C13H21NO/c1-9(2)13(8-14)15-12-6-5-10(3)11(4)7-12/h5-7,9,13H,8,14H2,1-4H3. The molecule has 0 radical (unpaired) electrons. The van der Waals surface area contributed by atoms with Crippen LogP contribution >= 0.6 is 0 Å². The highest BCUT2D eigenvalue weighted by atomic mass is 16.5. The average Bonchev–Trinajstić information content (AvgIpc) is 2.19. The molecule has 15 heavy (non-hydrogen) atoms. The minimum absolute atomic E-state index is 0.104. The Kier molecular flexibility index (Phi) is 4.15. The van der Waals surface area contributed by atoms with E-state index in [1.54, 1.807) is 0 Å². The third-order valence-corrected chi connectivity index (χ3v) is 2.74. The number of ether oxygens (including phenoxy) is 1. The van der Waals surface area contributed by atoms with Crippen LogP contribution in [0.2, 0.25) is 0 Å². The lowest BCUT2D eigenvalue weighted by Gasteiger charge is -2.21. The summed E-state index contributed by atoms with van der Waals surface area (Å²) in [6.07, 6.45) is 0.104. The molecule has 1 atom stereocenters. The van der Waals surface area contributed by atoms with Gasteiger partial charge in [-0.3, -0.25) is 0 Å². The summed E-state index contributed by atoms with van der Waals surface area (Å²) in [5, 5.41) is 0. The highest BCUT2D eigenvalue weighted by Crippen LogP contribution is 2.19. The highest BCUT2D eigenvalue weighted by molar-refractivity contribution is 5.33. The maximum absolute atomic E-state index is 5.84. The van der Waals surface area contributed by atoms with Crippen molar-refractivity contribution in [2.24, 2.45) is 11.7 Å². The lowest BCUT2D eigenvalue weighted by Crippen LogP contribution is -2.31. The van der Waals surface area contributed by atoms with E-state index in [9.17, 15) is 0 Å². The van der Waals surface area contributed by atoms with Crippen LogP contribution in [-0.2, 0) is 0 Å². The molecule has 0 saturated carbocycles. The Labute approximate surface area is 92.4 Å². The fourth-order valence-corrected chi connectivity index (χ4v) is 1.42. The van der Waals surface area contributed by atoms with Crippen LogP contribution in [0.15, 0.2) is 18.2 Å². The predicted octanol–water partition coefficient (Wildman–Crippen LogP) is 2.67. The van der Waals surface area contributed by atoms with Crippen molar-refractivity contribution in [3.63, 3.8) is 0 Å². The van der Waals surface area contributed by atoms with Crippen LogP contribution < -0.4 is 10.5 Å². The van der Waals surface area contributed by atoms with E-state index in [1.807, 2.05) is 6.07 Å². The van der Waals surface area contributed by atoms with E-state index in [-0.39, 0.29) is 6.10 Å². The summed E-state index contributed by atoms with van der Waals surface area (Å²) in [5.74, 6) is 1.36. The molecule has 0 heterocycles. The van der Waals surface area contributed by atoms with Gasteiger partial charge in [0.05, 0.1) is 0 Å². The molecule has 0 aliphatic rings. The van der Waals surface area contributed by atoms with Crippen LogP contribution in [0.25, 0.3) is 0 Å². The van der Waals surface area contributed by atoms with Crippen molar-refractivity contribution in [3.8, 4) is 5.75 Å². The van der Waals surface area contributed by atoms with Crippen molar-refractivity contribution < 1.29 is 4.74 Å². The molecule has 2 N–H and O–H groups in total. The topological polar surface area (TPSA) is 35.2 Å². The van der Waals surface area contributed by atoms with E-state index in [0.717, 1.165) is 5.75 Å². The Morgan fingerprint density at radius 2 is 1.87 bits per heavy atom. The van der Waals surface area contributed by atoms with Gasteiger partial charge in [0.1, 0.15) is 11.9 Å². The molecule has 0 aliphatic carbocycles. The fourth-order valence-electron chi connectivity index (χ4n) is 1.42. The summed E-state index contributed by atoms with van der Waals surface area (Å²) in [4.78, 5) is 0. The molecule has 0 spiro atoms. The summed E-state index contributed by atoms with van der Waals surface area (Å²) in [7, 11) is 0. The zero-order valence-corrected chi connectivity index (χ0v) is 10.1. The van der Waals surface area contributed by atoms with Gasteiger partial charge in [0, 0.05) is 6.54 Å². The van der Waals surface area contributed by atoms with E-state index in [4.69, 9.17) is 10.5 Å². The number of rotatable bonds is 4. The van der Waals surface area contributed by atoms with Crippen molar-refractivity contribution in [3.05, 3.63) is 29.3 Å². The Balaban J connectivity index is 2.75. The van der Waals surface area contributed by atoms with Gasteiger partial charge >= 0.3 is 0 Å². The summed E-state index contributed by atoms with van der Waals surface area (Å²) in [5.41, 5.74) is 8.21. The Bertz CT molecular complexity index is 320. The van der Waals surface area contributed by atoms with E-state index >= 15 is 0 Å². The minimum atomic E-state index is 0.104. The minimum Gasteiger partial charge on any atom is -0.489 e. The molecular formula is C13H21NO. The van der Waals surface area contributed by atoms with Gasteiger partial charge in [0.15, 0.2) is 0 Å². The van der Waals surface area contributed by atoms with Crippen LogP contribution in [0.4, 0.5) is 0 Å². The number of hydrogen-bond acceptors (Lipinski definition) is 2. The zero-order valence-electron chi connectivity index (χ0n) is 10.1. The first-order valence-electron chi connectivity index (χ1n) is 5.48. The highest BCUT2D eigenvalue weighted by Gasteiger charge is 2.12. The molecule has 0 aliphatic heterocycles. The van der Waals surface area contributed by atoms with Crippen LogP contribution in [0.5, 0.6) is 5.75 Å². The normalized spacial score (nSPS) is 12.9. The van der Waals surface area contributed by atoms with E-state index in [2.05, 4.69) is 39.8 Å². The van der Waals surface area contributed by atoms with Crippen molar-refractivity contribution in [2.45, 2.75) is 33.8 Å². The van der Waals surface area contributed by atoms with Gasteiger partial charge in [-0.15, -0.1) is 0 Å². The van der Waals surface area contributed by atoms with E-state index < -0.39 is 0 Å². The molecule has 0 saturated heterocycles. The first kappa shape index (κ1) is 12.1. The van der Waals surface area contributed by atoms with Gasteiger partial charge in [-0.1, -0.05) is 19.9 Å². The quantitative estimate of drug-likeness (QED) is 0.823. The molecule has 0 bridgehead atoms. The van der Waals surface area contributed by atoms with Gasteiger partial charge < -0.3 is 10.5 Å². The van der Waals surface area contributed by atoms with Gasteiger partial charge in [-0.2, -0.15) is 0 Å². The maximum Gasteiger partial charge on any atom is 0.120 e. The number of hydrogen-bond donors (Lipinski definition) is 1. The van der Waals surface area contributed by atoms with E-state index in [1.165, 1.54) is 11.1 Å². The third kappa shape index (κ3) is 3.24. The summed E-state index contributed by atoms with van der Waals surface area (Å²) < 4.78 is 5.84. The molecular weight excluding hydrogens is 186 g/mol. The first-order valence-corrected chi connectivity index (χ1v) is 5.48. The number of nitrogens with two attached hydrogens (primary N) is 1. The number of benzene rings is 1. The summed E-state index contributed by atoms with van der Waals surface area (Å²) in [6.45, 7) is 9.00. The van der Waals surface area contributed by atoms with Gasteiger partial charge in [-0.25, -0.2) is 0 Å². The predicted molar refractivity (Wildman–Crippen MR) is 64.2 cm³/mol. The molecule has 1 rings (SSSR count). The maximum atomic E-state index is 5.84. The Morgan fingerprint density at radius 1 is 1.20 bits per heavy atom. The molecule has 1 unspecified atom stereocenters. The van der Waals surface area contributed by atoms with Crippen LogP contribution in [0, 0.1) is 19.8 Å². The second-order valence-corrected chi connectivity index (χ2v) is 4.38. The molecule has 0 fully saturated rings. The Morgan fingerprint density at radius 3 is 2.33 bits per heavy atom. The zero-order chi connectivity index (χ0) is 11.4. The van der Waals surface area contributed by atoms with Gasteiger partial charge in [0.2, 0.25) is 0 Å². The monoisotopic (exact) mass is 207 g/mol. The van der Waals surface area contributed by atoms with Crippen LogP contribution in [-0.4, -0.2) is 12.6 Å². The average molecular weight is 207 g/mol. The largest absolute Gasteiger partial charge is 0.489 e. The number of aryl methyl sites for hydroxylation is 2. The van der Waals surface area contributed by atoms with Gasteiger partial charge in [-0.05, 0) is 43.0 Å².